The molecule has 2 aromatic carbocycles. The molecule has 4 rings (SSSR count). The first-order valence-electron chi connectivity index (χ1n) is 10.4. The third kappa shape index (κ3) is 4.44. The summed E-state index contributed by atoms with van der Waals surface area (Å²) in [6.07, 6.45) is 0.966. The SMILES string of the molecule is COc1ccc(CN2CCCN(C(=O)c3ccc4nc(C)c(C)nc4c3)CC2)cc1. The zero-order valence-electron chi connectivity index (χ0n) is 17.9. The topological polar surface area (TPSA) is 58.6 Å². The molecule has 0 saturated carbocycles. The van der Waals surface area contributed by atoms with Crippen molar-refractivity contribution in [2.75, 3.05) is 33.3 Å². The van der Waals surface area contributed by atoms with Crippen LogP contribution < -0.4 is 4.74 Å². The van der Waals surface area contributed by atoms with Crippen molar-refractivity contribution in [1.82, 2.24) is 19.8 Å². The van der Waals surface area contributed by atoms with Gasteiger partial charge in [-0.1, -0.05) is 12.1 Å². The number of nitrogens with zero attached hydrogens (tertiary/aromatic N) is 4. The Hall–Kier alpha value is -2.99. The average Bonchev–Trinajstić information content (AvgIpc) is 3.00. The Morgan fingerprint density at radius 2 is 1.67 bits per heavy atom. The average molecular weight is 405 g/mol. The zero-order valence-corrected chi connectivity index (χ0v) is 17.9. The molecular weight excluding hydrogens is 376 g/mol. The molecular formula is C24H28N4O2. The number of carbonyl (C=O) groups is 1. The number of hydrogen-bond donors (Lipinski definition) is 0. The first kappa shape index (κ1) is 20.3. The van der Waals surface area contributed by atoms with Crippen LogP contribution in [0.25, 0.3) is 11.0 Å². The van der Waals surface area contributed by atoms with Gasteiger partial charge in [0, 0.05) is 38.3 Å². The molecule has 0 bridgehead atoms. The van der Waals surface area contributed by atoms with Gasteiger partial charge in [0.2, 0.25) is 0 Å². The van der Waals surface area contributed by atoms with E-state index in [2.05, 4.69) is 27.0 Å². The van der Waals surface area contributed by atoms with Crippen LogP contribution in [0, 0.1) is 13.8 Å². The number of rotatable bonds is 4. The van der Waals surface area contributed by atoms with Gasteiger partial charge in [-0.05, 0) is 56.2 Å². The van der Waals surface area contributed by atoms with Gasteiger partial charge in [0.15, 0.2) is 0 Å². The third-order valence-electron chi connectivity index (χ3n) is 5.76. The van der Waals surface area contributed by atoms with Crippen LogP contribution in [-0.4, -0.2) is 59.0 Å². The highest BCUT2D eigenvalue weighted by atomic mass is 16.5. The van der Waals surface area contributed by atoms with Crippen molar-refractivity contribution in [2.45, 2.75) is 26.8 Å². The number of hydrogen-bond acceptors (Lipinski definition) is 5. The Morgan fingerprint density at radius 3 is 2.40 bits per heavy atom. The Balaban J connectivity index is 1.42. The van der Waals surface area contributed by atoms with E-state index in [1.807, 2.05) is 49.1 Å². The van der Waals surface area contributed by atoms with E-state index >= 15 is 0 Å². The minimum atomic E-state index is 0.0724. The van der Waals surface area contributed by atoms with E-state index in [9.17, 15) is 4.79 Å². The molecule has 0 N–H and O–H groups in total. The van der Waals surface area contributed by atoms with Crippen molar-refractivity contribution in [3.8, 4) is 5.75 Å². The summed E-state index contributed by atoms with van der Waals surface area (Å²) in [7, 11) is 1.68. The van der Waals surface area contributed by atoms with Crippen LogP contribution in [0.5, 0.6) is 5.75 Å². The molecule has 0 aliphatic carbocycles. The normalized spacial score (nSPS) is 15.2. The number of methoxy groups -OCH3 is 1. The lowest BCUT2D eigenvalue weighted by Gasteiger charge is -2.22. The number of carbonyl (C=O) groups excluding carboxylic acids is 1. The van der Waals surface area contributed by atoms with Crippen LogP contribution in [0.2, 0.25) is 0 Å². The van der Waals surface area contributed by atoms with E-state index in [4.69, 9.17) is 4.74 Å². The van der Waals surface area contributed by atoms with Crippen molar-refractivity contribution in [3.05, 3.63) is 65.0 Å². The summed E-state index contributed by atoms with van der Waals surface area (Å²) < 4.78 is 5.23. The number of ether oxygens (including phenoxy) is 1. The Morgan fingerprint density at radius 1 is 0.933 bits per heavy atom. The fourth-order valence-corrected chi connectivity index (χ4v) is 3.87. The summed E-state index contributed by atoms with van der Waals surface area (Å²) >= 11 is 0. The van der Waals surface area contributed by atoms with Crippen LogP contribution >= 0.6 is 0 Å². The van der Waals surface area contributed by atoms with Gasteiger partial charge >= 0.3 is 0 Å². The van der Waals surface area contributed by atoms with Crippen molar-refractivity contribution in [3.63, 3.8) is 0 Å². The summed E-state index contributed by atoms with van der Waals surface area (Å²) in [5.74, 6) is 0.944. The minimum absolute atomic E-state index is 0.0724. The number of aryl methyl sites for hydroxylation is 2. The summed E-state index contributed by atoms with van der Waals surface area (Å²) in [6, 6.07) is 13.8. The summed E-state index contributed by atoms with van der Waals surface area (Å²) in [5.41, 5.74) is 5.37. The van der Waals surface area contributed by atoms with Gasteiger partial charge in [-0.2, -0.15) is 0 Å². The fourth-order valence-electron chi connectivity index (χ4n) is 3.87. The van der Waals surface area contributed by atoms with Gasteiger partial charge in [0.25, 0.3) is 5.91 Å². The first-order chi connectivity index (χ1) is 14.5. The van der Waals surface area contributed by atoms with Crippen molar-refractivity contribution >= 4 is 16.9 Å². The molecule has 1 aromatic heterocycles. The van der Waals surface area contributed by atoms with Crippen molar-refractivity contribution < 1.29 is 9.53 Å². The number of amides is 1. The fraction of sp³-hybridized carbons (Fsp3) is 0.375. The molecule has 1 amide bonds. The van der Waals surface area contributed by atoms with E-state index in [1.54, 1.807) is 7.11 Å². The van der Waals surface area contributed by atoms with Gasteiger partial charge in [0.05, 0.1) is 29.5 Å². The third-order valence-corrected chi connectivity index (χ3v) is 5.76. The van der Waals surface area contributed by atoms with Gasteiger partial charge in [-0.15, -0.1) is 0 Å². The van der Waals surface area contributed by atoms with Gasteiger partial charge in [-0.3, -0.25) is 9.69 Å². The van der Waals surface area contributed by atoms with Crippen molar-refractivity contribution in [2.24, 2.45) is 0 Å². The lowest BCUT2D eigenvalue weighted by Crippen LogP contribution is -2.35. The standard InChI is InChI=1S/C24H28N4O2/c1-17-18(2)26-23-15-20(7-10-22(23)25-17)24(29)28-12-4-11-27(13-14-28)16-19-5-8-21(30-3)9-6-19/h5-10,15H,4,11-14,16H2,1-3H3. The van der Waals surface area contributed by atoms with Crippen molar-refractivity contribution in [1.29, 1.82) is 0 Å². The monoisotopic (exact) mass is 404 g/mol. The van der Waals surface area contributed by atoms with E-state index in [-0.39, 0.29) is 5.91 Å². The number of fused-ring (bicyclic) bond motifs is 1. The van der Waals surface area contributed by atoms with Gasteiger partial charge in [-0.25, -0.2) is 9.97 Å². The highest BCUT2D eigenvalue weighted by molar-refractivity contribution is 5.97. The second kappa shape index (κ2) is 8.79. The number of benzene rings is 2. The summed E-state index contributed by atoms with van der Waals surface area (Å²) in [4.78, 5) is 26.7. The Kier molecular flexibility index (Phi) is 5.95. The maximum Gasteiger partial charge on any atom is 0.253 e. The number of aromatic nitrogens is 2. The van der Waals surface area contributed by atoms with Crippen LogP contribution in [0.15, 0.2) is 42.5 Å². The van der Waals surface area contributed by atoms with Crippen LogP contribution in [-0.2, 0) is 6.54 Å². The second-order valence-corrected chi connectivity index (χ2v) is 7.87. The highest BCUT2D eigenvalue weighted by Crippen LogP contribution is 2.18. The van der Waals surface area contributed by atoms with E-state index < -0.39 is 0 Å². The van der Waals surface area contributed by atoms with E-state index in [1.165, 1.54) is 5.56 Å². The second-order valence-electron chi connectivity index (χ2n) is 7.87. The molecule has 0 atom stereocenters. The molecule has 3 aromatic rings. The largest absolute Gasteiger partial charge is 0.497 e. The molecule has 1 aliphatic rings. The smallest absolute Gasteiger partial charge is 0.253 e. The Labute approximate surface area is 177 Å². The predicted molar refractivity (Wildman–Crippen MR) is 118 cm³/mol. The summed E-state index contributed by atoms with van der Waals surface area (Å²) in [6.45, 7) is 8.13. The van der Waals surface area contributed by atoms with Crippen LogP contribution in [0.1, 0.15) is 33.7 Å². The molecule has 2 heterocycles. The first-order valence-corrected chi connectivity index (χ1v) is 10.4. The van der Waals surface area contributed by atoms with E-state index in [0.29, 0.717) is 5.56 Å². The molecule has 6 heteroatoms. The lowest BCUT2D eigenvalue weighted by molar-refractivity contribution is 0.0761. The molecule has 1 saturated heterocycles. The molecule has 30 heavy (non-hydrogen) atoms. The van der Waals surface area contributed by atoms with E-state index in [0.717, 1.165) is 67.3 Å². The molecule has 0 radical (unpaired) electrons. The maximum atomic E-state index is 13.1. The maximum absolute atomic E-state index is 13.1. The lowest BCUT2D eigenvalue weighted by atomic mass is 10.1. The molecule has 1 fully saturated rings. The molecule has 156 valence electrons. The highest BCUT2D eigenvalue weighted by Gasteiger charge is 2.21. The molecule has 6 nitrogen and oxygen atoms in total. The van der Waals surface area contributed by atoms with Gasteiger partial charge in [0.1, 0.15) is 5.75 Å². The quantitative estimate of drug-likeness (QED) is 0.665. The van der Waals surface area contributed by atoms with Crippen LogP contribution in [0.3, 0.4) is 0 Å². The summed E-state index contributed by atoms with van der Waals surface area (Å²) in [5, 5.41) is 0. The Bertz CT molecular complexity index is 1050. The predicted octanol–water partition coefficient (Wildman–Crippen LogP) is 3.60. The minimum Gasteiger partial charge on any atom is -0.497 e. The van der Waals surface area contributed by atoms with Crippen LogP contribution in [0.4, 0.5) is 0 Å². The zero-order chi connectivity index (χ0) is 21.1. The molecule has 1 aliphatic heterocycles. The molecule has 0 unspecified atom stereocenters. The molecule has 0 spiro atoms. The van der Waals surface area contributed by atoms with Gasteiger partial charge < -0.3 is 9.64 Å².